The van der Waals surface area contributed by atoms with E-state index in [-0.39, 0.29) is 24.2 Å². The highest BCUT2D eigenvalue weighted by Crippen LogP contribution is 2.39. The van der Waals surface area contributed by atoms with Crippen molar-refractivity contribution in [2.75, 3.05) is 0 Å². The van der Waals surface area contributed by atoms with Crippen molar-refractivity contribution >= 4 is 5.91 Å². The number of hydrogen-bond acceptors (Lipinski definition) is 3. The first-order valence-electron chi connectivity index (χ1n) is 8.65. The van der Waals surface area contributed by atoms with Crippen molar-refractivity contribution in [2.45, 2.75) is 57.0 Å². The highest BCUT2D eigenvalue weighted by molar-refractivity contribution is 5.78. The molecule has 1 atom stereocenters. The van der Waals surface area contributed by atoms with E-state index in [9.17, 15) is 9.18 Å². The molecule has 1 unspecified atom stereocenters. The summed E-state index contributed by atoms with van der Waals surface area (Å²) in [6, 6.07) is 6.35. The first-order chi connectivity index (χ1) is 11.7. The SMILES string of the molecule is O=C(Cc1cccc(F)c1)NC1CCc2nnc(C3CC3)n2CC1. The van der Waals surface area contributed by atoms with Gasteiger partial charge in [0.25, 0.3) is 0 Å². The van der Waals surface area contributed by atoms with E-state index in [4.69, 9.17) is 0 Å². The average Bonchev–Trinajstić information content (AvgIpc) is 3.34. The number of rotatable bonds is 4. The fourth-order valence-electron chi connectivity index (χ4n) is 3.41. The minimum atomic E-state index is -0.305. The third-order valence-corrected chi connectivity index (χ3v) is 4.83. The lowest BCUT2D eigenvalue weighted by Gasteiger charge is -2.16. The molecular formula is C18H21FN4O. The standard InChI is InChI=1S/C18H21FN4O/c19-14-3-1-2-12(10-14)11-17(24)20-15-6-7-16-21-22-18(13-4-5-13)23(16)9-8-15/h1-3,10,13,15H,4-9,11H2,(H,20,24). The summed E-state index contributed by atoms with van der Waals surface area (Å²) in [5, 5.41) is 11.8. The molecule has 1 aliphatic heterocycles. The first-order valence-corrected chi connectivity index (χ1v) is 8.65. The number of carbonyl (C=O) groups is 1. The van der Waals surface area contributed by atoms with Crippen LogP contribution in [0.2, 0.25) is 0 Å². The van der Waals surface area contributed by atoms with Crippen LogP contribution in [0, 0.1) is 5.82 Å². The van der Waals surface area contributed by atoms with Gasteiger partial charge in [-0.15, -0.1) is 10.2 Å². The summed E-state index contributed by atoms with van der Waals surface area (Å²) < 4.78 is 15.5. The summed E-state index contributed by atoms with van der Waals surface area (Å²) in [6.45, 7) is 0.860. The maximum Gasteiger partial charge on any atom is 0.224 e. The average molecular weight is 328 g/mol. The van der Waals surface area contributed by atoms with Crippen LogP contribution in [-0.4, -0.2) is 26.7 Å². The zero-order valence-corrected chi connectivity index (χ0v) is 13.5. The maximum atomic E-state index is 13.2. The monoisotopic (exact) mass is 328 g/mol. The third kappa shape index (κ3) is 3.32. The highest BCUT2D eigenvalue weighted by atomic mass is 19.1. The number of aryl methyl sites for hydroxylation is 1. The summed E-state index contributed by atoms with van der Waals surface area (Å²) in [5.74, 6) is 2.40. The Labute approximate surface area is 140 Å². The van der Waals surface area contributed by atoms with Crippen molar-refractivity contribution < 1.29 is 9.18 Å². The van der Waals surface area contributed by atoms with Crippen LogP contribution in [0.5, 0.6) is 0 Å². The molecule has 2 heterocycles. The molecule has 5 nitrogen and oxygen atoms in total. The van der Waals surface area contributed by atoms with E-state index in [0.29, 0.717) is 11.5 Å². The van der Waals surface area contributed by atoms with Crippen LogP contribution < -0.4 is 5.32 Å². The smallest absolute Gasteiger partial charge is 0.224 e. The van der Waals surface area contributed by atoms with E-state index in [1.807, 2.05) is 0 Å². The van der Waals surface area contributed by atoms with Gasteiger partial charge in [-0.2, -0.15) is 0 Å². The van der Waals surface area contributed by atoms with Crippen molar-refractivity contribution in [3.8, 4) is 0 Å². The van der Waals surface area contributed by atoms with Crippen LogP contribution in [0.25, 0.3) is 0 Å². The summed E-state index contributed by atoms with van der Waals surface area (Å²) in [5.41, 5.74) is 0.703. The van der Waals surface area contributed by atoms with Gasteiger partial charge in [0.05, 0.1) is 6.42 Å². The molecule has 24 heavy (non-hydrogen) atoms. The molecule has 0 spiro atoms. The fraction of sp³-hybridized carbons (Fsp3) is 0.500. The predicted molar refractivity (Wildman–Crippen MR) is 87.0 cm³/mol. The molecule has 6 heteroatoms. The molecule has 1 amide bonds. The molecule has 1 aromatic carbocycles. The molecule has 2 aliphatic rings. The molecule has 126 valence electrons. The topological polar surface area (TPSA) is 59.8 Å². The second kappa shape index (κ2) is 6.34. The Balaban J connectivity index is 1.35. The zero-order chi connectivity index (χ0) is 16.5. The Morgan fingerprint density at radius 1 is 1.25 bits per heavy atom. The number of nitrogens with zero attached hydrogens (tertiary/aromatic N) is 3. The number of nitrogens with one attached hydrogen (secondary N) is 1. The van der Waals surface area contributed by atoms with Gasteiger partial charge in [-0.3, -0.25) is 4.79 Å². The van der Waals surface area contributed by atoms with Gasteiger partial charge in [0.15, 0.2) is 0 Å². The van der Waals surface area contributed by atoms with Crippen molar-refractivity contribution in [2.24, 2.45) is 0 Å². The summed E-state index contributed by atoms with van der Waals surface area (Å²) in [6.07, 6.45) is 5.24. The number of fused-ring (bicyclic) bond motifs is 1. The Hall–Kier alpha value is -2.24. The zero-order valence-electron chi connectivity index (χ0n) is 13.5. The van der Waals surface area contributed by atoms with Crippen molar-refractivity contribution in [1.82, 2.24) is 20.1 Å². The van der Waals surface area contributed by atoms with Crippen molar-refractivity contribution in [1.29, 1.82) is 0 Å². The van der Waals surface area contributed by atoms with Gasteiger partial charge >= 0.3 is 0 Å². The minimum Gasteiger partial charge on any atom is -0.353 e. The summed E-state index contributed by atoms with van der Waals surface area (Å²) in [7, 11) is 0. The fourth-order valence-corrected chi connectivity index (χ4v) is 3.41. The van der Waals surface area contributed by atoms with Gasteiger partial charge in [-0.25, -0.2) is 4.39 Å². The number of amides is 1. The molecule has 4 rings (SSSR count). The third-order valence-electron chi connectivity index (χ3n) is 4.83. The van der Waals surface area contributed by atoms with Crippen LogP contribution in [0.4, 0.5) is 4.39 Å². The van der Waals surface area contributed by atoms with Gasteiger partial charge < -0.3 is 9.88 Å². The first kappa shape index (κ1) is 15.3. The highest BCUT2D eigenvalue weighted by Gasteiger charge is 2.31. The summed E-state index contributed by atoms with van der Waals surface area (Å²) in [4.78, 5) is 12.2. The minimum absolute atomic E-state index is 0.0503. The molecule has 2 aromatic rings. The molecule has 1 N–H and O–H groups in total. The maximum absolute atomic E-state index is 13.2. The van der Waals surface area contributed by atoms with E-state index in [0.717, 1.165) is 37.5 Å². The molecule has 1 aliphatic carbocycles. The van der Waals surface area contributed by atoms with Crippen LogP contribution in [-0.2, 0) is 24.2 Å². The Morgan fingerprint density at radius 2 is 2.12 bits per heavy atom. The quantitative estimate of drug-likeness (QED) is 0.937. The Kier molecular flexibility index (Phi) is 4.04. The van der Waals surface area contributed by atoms with Crippen LogP contribution in [0.3, 0.4) is 0 Å². The number of halogens is 1. The second-order valence-corrected chi connectivity index (χ2v) is 6.80. The van der Waals surface area contributed by atoms with Crippen LogP contribution >= 0.6 is 0 Å². The molecule has 0 radical (unpaired) electrons. The lowest BCUT2D eigenvalue weighted by molar-refractivity contribution is -0.121. The van der Waals surface area contributed by atoms with E-state index in [2.05, 4.69) is 20.1 Å². The van der Waals surface area contributed by atoms with Gasteiger partial charge in [-0.05, 0) is 43.4 Å². The van der Waals surface area contributed by atoms with E-state index >= 15 is 0 Å². The molecule has 1 fully saturated rings. The van der Waals surface area contributed by atoms with E-state index in [1.54, 1.807) is 12.1 Å². The molecule has 0 saturated heterocycles. The molecule has 0 bridgehead atoms. The van der Waals surface area contributed by atoms with Crippen LogP contribution in [0.15, 0.2) is 24.3 Å². The Morgan fingerprint density at radius 3 is 2.92 bits per heavy atom. The number of benzene rings is 1. The molecule has 1 aromatic heterocycles. The Bertz CT molecular complexity index is 753. The molecule has 1 saturated carbocycles. The lowest BCUT2D eigenvalue weighted by atomic mass is 10.1. The van der Waals surface area contributed by atoms with E-state index in [1.165, 1.54) is 25.0 Å². The van der Waals surface area contributed by atoms with Crippen molar-refractivity contribution in [3.63, 3.8) is 0 Å². The predicted octanol–water partition coefficient (Wildman–Crippen LogP) is 2.36. The van der Waals surface area contributed by atoms with Crippen LogP contribution in [0.1, 0.15) is 48.8 Å². The van der Waals surface area contributed by atoms with E-state index < -0.39 is 0 Å². The van der Waals surface area contributed by atoms with Gasteiger partial charge in [0, 0.05) is 24.9 Å². The van der Waals surface area contributed by atoms with Crippen molar-refractivity contribution in [3.05, 3.63) is 47.3 Å². The van der Waals surface area contributed by atoms with Gasteiger partial charge in [-0.1, -0.05) is 12.1 Å². The largest absolute Gasteiger partial charge is 0.353 e. The molecular weight excluding hydrogens is 307 g/mol. The lowest BCUT2D eigenvalue weighted by Crippen LogP contribution is -2.36. The second-order valence-electron chi connectivity index (χ2n) is 6.80. The number of aromatic nitrogens is 3. The number of hydrogen-bond donors (Lipinski definition) is 1. The normalized spacial score (nSPS) is 20.3. The van der Waals surface area contributed by atoms with Gasteiger partial charge in [0.2, 0.25) is 5.91 Å². The van der Waals surface area contributed by atoms with Gasteiger partial charge in [0.1, 0.15) is 17.5 Å². The summed E-state index contributed by atoms with van der Waals surface area (Å²) >= 11 is 0. The number of carbonyl (C=O) groups excluding carboxylic acids is 1.